The monoisotopic (exact) mass is 314 g/mol. The first kappa shape index (κ1) is 16.9. The first-order valence-electron chi connectivity index (χ1n) is 10.0. The van der Waals surface area contributed by atoms with Gasteiger partial charge in [0.05, 0.1) is 6.61 Å². The van der Waals surface area contributed by atoms with Crippen molar-refractivity contribution in [3.05, 3.63) is 29.8 Å². The predicted molar refractivity (Wildman–Crippen MR) is 98.0 cm³/mol. The Morgan fingerprint density at radius 3 is 1.87 bits per heavy atom. The Hall–Kier alpha value is -0.980. The molecule has 0 N–H and O–H groups in total. The van der Waals surface area contributed by atoms with E-state index in [1.54, 1.807) is 0 Å². The van der Waals surface area contributed by atoms with Gasteiger partial charge in [0.25, 0.3) is 0 Å². The quantitative estimate of drug-likeness (QED) is 0.596. The largest absolute Gasteiger partial charge is 0.494 e. The molecule has 1 aromatic rings. The molecule has 1 heteroatoms. The molecule has 0 aliphatic heterocycles. The van der Waals surface area contributed by atoms with Crippen molar-refractivity contribution >= 4 is 0 Å². The molecule has 0 bridgehead atoms. The van der Waals surface area contributed by atoms with Crippen LogP contribution in [-0.2, 0) is 0 Å². The predicted octanol–water partition coefficient (Wildman–Crippen LogP) is 6.58. The summed E-state index contributed by atoms with van der Waals surface area (Å²) < 4.78 is 5.56. The topological polar surface area (TPSA) is 9.23 Å². The molecule has 2 aliphatic rings. The van der Waals surface area contributed by atoms with E-state index in [0.717, 1.165) is 36.0 Å². The Kier molecular flexibility index (Phi) is 6.02. The van der Waals surface area contributed by atoms with Crippen molar-refractivity contribution in [2.45, 2.75) is 77.6 Å². The molecular weight excluding hydrogens is 280 g/mol. The van der Waals surface area contributed by atoms with Crippen LogP contribution in [0.4, 0.5) is 0 Å². The fourth-order valence-electron chi connectivity index (χ4n) is 4.99. The molecule has 2 fully saturated rings. The van der Waals surface area contributed by atoms with Gasteiger partial charge in [-0.3, -0.25) is 0 Å². The Labute approximate surface area is 142 Å². The van der Waals surface area contributed by atoms with Crippen LogP contribution in [0.25, 0.3) is 0 Å². The van der Waals surface area contributed by atoms with E-state index in [0.29, 0.717) is 0 Å². The molecule has 128 valence electrons. The Bertz CT molecular complexity index is 447. The summed E-state index contributed by atoms with van der Waals surface area (Å²) in [6.45, 7) is 5.17. The van der Waals surface area contributed by atoms with E-state index < -0.39 is 0 Å². The minimum atomic E-state index is 0.755. The van der Waals surface area contributed by atoms with Crippen LogP contribution in [-0.4, -0.2) is 6.61 Å². The van der Waals surface area contributed by atoms with Crippen molar-refractivity contribution < 1.29 is 4.74 Å². The maximum atomic E-state index is 5.56. The molecule has 0 radical (unpaired) electrons. The minimum absolute atomic E-state index is 0.755. The lowest BCUT2D eigenvalue weighted by Crippen LogP contribution is -2.25. The first-order chi connectivity index (χ1) is 11.3. The van der Waals surface area contributed by atoms with Crippen LogP contribution >= 0.6 is 0 Å². The van der Waals surface area contributed by atoms with Gasteiger partial charge in [-0.15, -0.1) is 0 Å². The van der Waals surface area contributed by atoms with E-state index in [1.165, 1.54) is 63.4 Å². The normalized spacial score (nSPS) is 31.7. The van der Waals surface area contributed by atoms with Gasteiger partial charge in [-0.05, 0) is 86.8 Å². The molecule has 2 aliphatic carbocycles. The number of hydrogen-bond acceptors (Lipinski definition) is 1. The summed E-state index contributed by atoms with van der Waals surface area (Å²) >= 11 is 0. The van der Waals surface area contributed by atoms with Gasteiger partial charge in [0.1, 0.15) is 5.75 Å². The average molecular weight is 315 g/mol. The highest BCUT2D eigenvalue weighted by Gasteiger charge is 2.30. The van der Waals surface area contributed by atoms with Crippen molar-refractivity contribution in [2.75, 3.05) is 6.61 Å². The fraction of sp³-hybridized carbons (Fsp3) is 0.727. The molecule has 1 aromatic carbocycles. The Morgan fingerprint density at radius 2 is 1.35 bits per heavy atom. The molecule has 0 spiro atoms. The van der Waals surface area contributed by atoms with Crippen molar-refractivity contribution in [2.24, 2.45) is 17.8 Å². The average Bonchev–Trinajstić information content (AvgIpc) is 2.63. The van der Waals surface area contributed by atoms with Crippen LogP contribution in [0.3, 0.4) is 0 Å². The van der Waals surface area contributed by atoms with Crippen molar-refractivity contribution in [3.63, 3.8) is 0 Å². The van der Waals surface area contributed by atoms with Gasteiger partial charge in [-0.1, -0.05) is 38.3 Å². The Balaban J connectivity index is 1.48. The number of rotatable bonds is 5. The van der Waals surface area contributed by atoms with Crippen LogP contribution < -0.4 is 4.74 Å². The summed E-state index contributed by atoms with van der Waals surface area (Å²) in [4.78, 5) is 0. The molecule has 0 unspecified atom stereocenters. The third kappa shape index (κ3) is 4.31. The zero-order chi connectivity index (χ0) is 16.1. The first-order valence-corrected chi connectivity index (χ1v) is 10.0. The lowest BCUT2D eigenvalue weighted by molar-refractivity contribution is 0.158. The van der Waals surface area contributed by atoms with Gasteiger partial charge in [0.2, 0.25) is 0 Å². The van der Waals surface area contributed by atoms with Gasteiger partial charge in [-0.2, -0.15) is 0 Å². The SMILES string of the molecule is CCOc1ccc([C@H]2CC[C@H]([C@H]3CC[C@H](CC)CC3)CC2)cc1. The lowest BCUT2D eigenvalue weighted by Gasteiger charge is -2.38. The van der Waals surface area contributed by atoms with Crippen LogP contribution in [0, 0.1) is 17.8 Å². The summed E-state index contributed by atoms with van der Waals surface area (Å²) in [6, 6.07) is 8.89. The molecular formula is C22H34O. The van der Waals surface area contributed by atoms with Crippen molar-refractivity contribution in [1.29, 1.82) is 0 Å². The fourth-order valence-corrected chi connectivity index (χ4v) is 4.99. The molecule has 0 atom stereocenters. The number of benzene rings is 1. The van der Waals surface area contributed by atoms with E-state index in [1.807, 2.05) is 6.92 Å². The molecule has 0 aromatic heterocycles. The standard InChI is InChI=1S/C22H34O/c1-3-17-5-7-18(8-6-17)19-9-11-20(12-10-19)21-13-15-22(16-14-21)23-4-2/h13-20H,3-12H2,1-2H3/t17-,18-,19-,20-. The summed E-state index contributed by atoms with van der Waals surface area (Å²) in [7, 11) is 0. The van der Waals surface area contributed by atoms with Crippen LogP contribution in [0.2, 0.25) is 0 Å². The van der Waals surface area contributed by atoms with E-state index in [4.69, 9.17) is 4.74 Å². The van der Waals surface area contributed by atoms with Gasteiger partial charge < -0.3 is 4.74 Å². The van der Waals surface area contributed by atoms with E-state index in [2.05, 4.69) is 31.2 Å². The van der Waals surface area contributed by atoms with Crippen LogP contribution in [0.5, 0.6) is 5.75 Å². The highest BCUT2D eigenvalue weighted by Crippen LogP contribution is 2.44. The maximum Gasteiger partial charge on any atom is 0.119 e. The second-order valence-electron chi connectivity index (χ2n) is 7.80. The third-order valence-corrected chi connectivity index (χ3v) is 6.57. The molecule has 1 nitrogen and oxygen atoms in total. The second-order valence-corrected chi connectivity index (χ2v) is 7.80. The van der Waals surface area contributed by atoms with Gasteiger partial charge >= 0.3 is 0 Å². The Morgan fingerprint density at radius 1 is 0.783 bits per heavy atom. The third-order valence-electron chi connectivity index (χ3n) is 6.57. The zero-order valence-corrected chi connectivity index (χ0v) is 15.1. The lowest BCUT2D eigenvalue weighted by atomic mass is 9.68. The molecule has 2 saturated carbocycles. The van der Waals surface area contributed by atoms with Crippen molar-refractivity contribution in [1.82, 2.24) is 0 Å². The number of hydrogen-bond donors (Lipinski definition) is 0. The molecule has 0 heterocycles. The second kappa shape index (κ2) is 8.22. The van der Waals surface area contributed by atoms with Gasteiger partial charge in [0.15, 0.2) is 0 Å². The van der Waals surface area contributed by atoms with Crippen LogP contribution in [0.1, 0.15) is 83.1 Å². The summed E-state index contributed by atoms with van der Waals surface area (Å²) in [5, 5.41) is 0. The minimum Gasteiger partial charge on any atom is -0.494 e. The van der Waals surface area contributed by atoms with Gasteiger partial charge in [0, 0.05) is 0 Å². The summed E-state index contributed by atoms with van der Waals surface area (Å²) in [5.41, 5.74) is 1.53. The smallest absolute Gasteiger partial charge is 0.119 e. The zero-order valence-electron chi connectivity index (χ0n) is 15.1. The highest BCUT2D eigenvalue weighted by atomic mass is 16.5. The van der Waals surface area contributed by atoms with E-state index in [-0.39, 0.29) is 0 Å². The maximum absolute atomic E-state index is 5.56. The van der Waals surface area contributed by atoms with E-state index in [9.17, 15) is 0 Å². The molecule has 0 amide bonds. The summed E-state index contributed by atoms with van der Waals surface area (Å²) in [5.74, 6) is 4.89. The van der Waals surface area contributed by atoms with Crippen LogP contribution in [0.15, 0.2) is 24.3 Å². The van der Waals surface area contributed by atoms with Crippen molar-refractivity contribution in [3.8, 4) is 5.75 Å². The number of ether oxygens (including phenoxy) is 1. The molecule has 0 saturated heterocycles. The molecule has 23 heavy (non-hydrogen) atoms. The van der Waals surface area contributed by atoms with E-state index >= 15 is 0 Å². The van der Waals surface area contributed by atoms with Gasteiger partial charge in [-0.25, -0.2) is 0 Å². The highest BCUT2D eigenvalue weighted by molar-refractivity contribution is 5.29. The summed E-state index contributed by atoms with van der Waals surface area (Å²) in [6.07, 6.45) is 13.1. The molecule has 3 rings (SSSR count).